The third-order valence-electron chi connectivity index (χ3n) is 4.48. The van der Waals surface area contributed by atoms with Crippen LogP contribution in [0, 0.1) is 0 Å². The number of rotatable bonds is 4. The Labute approximate surface area is 160 Å². The Morgan fingerprint density at radius 1 is 1.12 bits per heavy atom. The fraction of sp³-hybridized carbons (Fsp3) is 0.200. The molecular weight excluding hydrogens is 394 g/mol. The van der Waals surface area contributed by atoms with E-state index in [9.17, 15) is 0 Å². The number of nitrogens with one attached hydrogen (secondary N) is 1. The van der Waals surface area contributed by atoms with Gasteiger partial charge in [-0.1, -0.05) is 40.2 Å². The predicted molar refractivity (Wildman–Crippen MR) is 110 cm³/mol. The van der Waals surface area contributed by atoms with Crippen LogP contribution < -0.4 is 5.43 Å². The smallest absolute Gasteiger partial charge is 0.203 e. The highest BCUT2D eigenvalue weighted by Crippen LogP contribution is 2.26. The zero-order valence-corrected chi connectivity index (χ0v) is 16.3. The summed E-state index contributed by atoms with van der Waals surface area (Å²) >= 11 is 5.02. The molecule has 4 rings (SSSR count). The van der Waals surface area contributed by atoms with Gasteiger partial charge in [0.25, 0.3) is 0 Å². The van der Waals surface area contributed by atoms with Gasteiger partial charge >= 0.3 is 0 Å². The number of aryl methyl sites for hydroxylation is 2. The van der Waals surface area contributed by atoms with Crippen LogP contribution in [0.2, 0.25) is 0 Å². The van der Waals surface area contributed by atoms with Crippen molar-refractivity contribution in [1.82, 2.24) is 4.98 Å². The van der Waals surface area contributed by atoms with Gasteiger partial charge in [0.2, 0.25) is 5.13 Å². The van der Waals surface area contributed by atoms with Gasteiger partial charge in [0.05, 0.1) is 11.4 Å². The molecule has 0 saturated heterocycles. The van der Waals surface area contributed by atoms with Crippen molar-refractivity contribution in [3.8, 4) is 11.3 Å². The molecule has 5 heteroatoms. The van der Waals surface area contributed by atoms with Crippen LogP contribution in [0.4, 0.5) is 5.13 Å². The third kappa shape index (κ3) is 3.67. The minimum absolute atomic E-state index is 0.804. The van der Waals surface area contributed by atoms with E-state index >= 15 is 0 Å². The van der Waals surface area contributed by atoms with E-state index < -0.39 is 0 Å². The maximum atomic E-state index is 4.62. The molecule has 0 saturated carbocycles. The van der Waals surface area contributed by atoms with Crippen LogP contribution in [0.5, 0.6) is 0 Å². The monoisotopic (exact) mass is 411 g/mol. The van der Waals surface area contributed by atoms with E-state index in [1.807, 2.05) is 24.4 Å². The molecule has 1 aromatic heterocycles. The third-order valence-corrected chi connectivity index (χ3v) is 5.76. The first kappa shape index (κ1) is 16.5. The Morgan fingerprint density at radius 3 is 2.76 bits per heavy atom. The molecule has 0 bridgehead atoms. The molecule has 1 aliphatic carbocycles. The lowest BCUT2D eigenvalue weighted by Gasteiger charge is -2.05. The Kier molecular flexibility index (Phi) is 4.68. The van der Waals surface area contributed by atoms with E-state index in [0.29, 0.717) is 0 Å². The minimum Gasteiger partial charge on any atom is -0.252 e. The number of hydrogen-bond acceptors (Lipinski definition) is 4. The van der Waals surface area contributed by atoms with Crippen LogP contribution in [0.15, 0.2) is 57.4 Å². The molecule has 1 aliphatic rings. The SMILES string of the molecule is C/C(=N/Nc1nc(-c2ccc(Br)cc2)cs1)c1ccc2c(c1)CCC2. The molecule has 126 valence electrons. The Hall–Kier alpha value is -1.98. The molecule has 3 nitrogen and oxygen atoms in total. The number of anilines is 1. The molecule has 0 spiro atoms. The summed E-state index contributed by atoms with van der Waals surface area (Å²) in [6, 6.07) is 14.9. The number of hydrogen-bond donors (Lipinski definition) is 1. The molecule has 1 heterocycles. The number of nitrogens with zero attached hydrogens (tertiary/aromatic N) is 2. The lowest BCUT2D eigenvalue weighted by molar-refractivity contribution is 0.912. The highest BCUT2D eigenvalue weighted by Gasteiger charge is 2.11. The van der Waals surface area contributed by atoms with Gasteiger partial charge in [0, 0.05) is 15.4 Å². The highest BCUT2D eigenvalue weighted by atomic mass is 79.9. The molecule has 0 fully saturated rings. The maximum absolute atomic E-state index is 4.62. The van der Waals surface area contributed by atoms with Crippen molar-refractivity contribution in [3.63, 3.8) is 0 Å². The van der Waals surface area contributed by atoms with Crippen molar-refractivity contribution < 1.29 is 0 Å². The van der Waals surface area contributed by atoms with Crippen molar-refractivity contribution in [1.29, 1.82) is 0 Å². The molecule has 0 amide bonds. The summed E-state index contributed by atoms with van der Waals surface area (Å²) < 4.78 is 1.07. The lowest BCUT2D eigenvalue weighted by atomic mass is 10.0. The normalized spacial score (nSPS) is 13.8. The standard InChI is InChI=1S/C20H18BrN3S/c1-13(16-6-5-14-3-2-4-17(14)11-16)23-24-20-22-19(12-25-20)15-7-9-18(21)10-8-15/h5-12H,2-4H2,1H3,(H,22,24)/b23-13-. The van der Waals surface area contributed by atoms with E-state index in [4.69, 9.17) is 0 Å². The molecule has 0 unspecified atom stereocenters. The van der Waals surface area contributed by atoms with Crippen LogP contribution in [-0.4, -0.2) is 10.7 Å². The summed E-state index contributed by atoms with van der Waals surface area (Å²) in [7, 11) is 0. The first-order valence-corrected chi connectivity index (χ1v) is 10.0. The molecule has 1 N–H and O–H groups in total. The highest BCUT2D eigenvalue weighted by molar-refractivity contribution is 9.10. The maximum Gasteiger partial charge on any atom is 0.203 e. The summed E-state index contributed by atoms with van der Waals surface area (Å²) in [5.74, 6) is 0. The second-order valence-corrected chi connectivity index (χ2v) is 7.96. The van der Waals surface area contributed by atoms with Crippen molar-refractivity contribution in [2.75, 3.05) is 5.43 Å². The van der Waals surface area contributed by atoms with Crippen LogP contribution >= 0.6 is 27.3 Å². The zero-order chi connectivity index (χ0) is 17.2. The number of fused-ring (bicyclic) bond motifs is 1. The number of benzene rings is 2. The summed E-state index contributed by atoms with van der Waals surface area (Å²) in [5.41, 5.74) is 10.3. The fourth-order valence-electron chi connectivity index (χ4n) is 3.07. The van der Waals surface area contributed by atoms with Crippen LogP contribution in [0.3, 0.4) is 0 Å². The number of thiazole rings is 1. The topological polar surface area (TPSA) is 37.3 Å². The summed E-state index contributed by atoms with van der Waals surface area (Å²) in [6.07, 6.45) is 3.67. The molecule has 25 heavy (non-hydrogen) atoms. The van der Waals surface area contributed by atoms with E-state index in [1.165, 1.54) is 36.0 Å². The van der Waals surface area contributed by atoms with Crippen molar-refractivity contribution in [2.24, 2.45) is 5.10 Å². The first-order valence-electron chi connectivity index (χ1n) is 8.33. The average Bonchev–Trinajstić information content (AvgIpc) is 3.29. The molecule has 0 radical (unpaired) electrons. The van der Waals surface area contributed by atoms with Gasteiger partial charge in [-0.2, -0.15) is 5.10 Å². The summed E-state index contributed by atoms with van der Waals surface area (Å²) in [4.78, 5) is 4.62. The summed E-state index contributed by atoms with van der Waals surface area (Å²) in [6.45, 7) is 2.03. The van der Waals surface area contributed by atoms with Crippen molar-refractivity contribution in [2.45, 2.75) is 26.2 Å². The van der Waals surface area contributed by atoms with Gasteiger partial charge < -0.3 is 0 Å². The number of hydrazone groups is 1. The van der Waals surface area contributed by atoms with Crippen LogP contribution in [0.25, 0.3) is 11.3 Å². The average molecular weight is 412 g/mol. The molecule has 0 aliphatic heterocycles. The van der Waals surface area contributed by atoms with Gasteiger partial charge in [0.15, 0.2) is 0 Å². The largest absolute Gasteiger partial charge is 0.252 e. The molecule has 3 aromatic rings. The van der Waals surface area contributed by atoms with Gasteiger partial charge in [-0.05, 0) is 61.1 Å². The van der Waals surface area contributed by atoms with Crippen molar-refractivity contribution >= 4 is 38.1 Å². The van der Waals surface area contributed by atoms with Crippen LogP contribution in [0.1, 0.15) is 30.0 Å². The Bertz CT molecular complexity index is 928. The minimum atomic E-state index is 0.804. The molecule has 0 atom stereocenters. The van der Waals surface area contributed by atoms with E-state index in [1.54, 1.807) is 11.3 Å². The Morgan fingerprint density at radius 2 is 1.92 bits per heavy atom. The fourth-order valence-corrected chi connectivity index (χ4v) is 4.00. The van der Waals surface area contributed by atoms with Gasteiger partial charge in [-0.15, -0.1) is 11.3 Å². The number of aromatic nitrogens is 1. The van der Waals surface area contributed by atoms with Crippen LogP contribution in [-0.2, 0) is 12.8 Å². The van der Waals surface area contributed by atoms with Gasteiger partial charge in [-0.25, -0.2) is 4.98 Å². The first-order chi connectivity index (χ1) is 12.2. The molecular formula is C20H18BrN3S. The van der Waals surface area contributed by atoms with E-state index in [2.05, 4.69) is 61.8 Å². The quantitative estimate of drug-likeness (QED) is 0.428. The van der Waals surface area contributed by atoms with Crippen molar-refractivity contribution in [3.05, 3.63) is 69.0 Å². The zero-order valence-electron chi connectivity index (χ0n) is 13.9. The summed E-state index contributed by atoms with van der Waals surface area (Å²) in [5, 5.41) is 7.37. The molecule has 2 aromatic carbocycles. The van der Waals surface area contributed by atoms with E-state index in [0.717, 1.165) is 26.6 Å². The lowest BCUT2D eigenvalue weighted by Crippen LogP contribution is -2.00. The number of halogens is 1. The van der Waals surface area contributed by atoms with Gasteiger partial charge in [-0.3, -0.25) is 5.43 Å². The predicted octanol–water partition coefficient (Wildman–Crippen LogP) is 5.90. The second-order valence-electron chi connectivity index (χ2n) is 6.19. The Balaban J connectivity index is 1.49. The van der Waals surface area contributed by atoms with E-state index in [-0.39, 0.29) is 0 Å². The second kappa shape index (κ2) is 7.10. The van der Waals surface area contributed by atoms with Gasteiger partial charge in [0.1, 0.15) is 0 Å².